The standard InChI is InChI=1S/C20H23N3O3.ClH/c1-12-9-18(22-20(25)26)17-10-16(7-8-19(17)23(12)13(2)24)15-5-3-14(11-21)4-6-15;/h3-8,10,12,18,22H,9,11,21H2,1-2H3,(H,25,26);1H. The van der Waals surface area contributed by atoms with Crippen LogP contribution in [0.5, 0.6) is 0 Å². The lowest BCUT2D eigenvalue weighted by atomic mass is 9.89. The summed E-state index contributed by atoms with van der Waals surface area (Å²) in [6.45, 7) is 3.95. The van der Waals surface area contributed by atoms with Crippen LogP contribution in [0.1, 0.15) is 37.4 Å². The monoisotopic (exact) mass is 389 g/mol. The van der Waals surface area contributed by atoms with Crippen LogP contribution in [0.4, 0.5) is 10.5 Å². The summed E-state index contributed by atoms with van der Waals surface area (Å²) in [5.41, 5.74) is 10.3. The molecule has 0 bridgehead atoms. The molecule has 6 nitrogen and oxygen atoms in total. The Hall–Kier alpha value is -2.57. The van der Waals surface area contributed by atoms with Crippen LogP contribution >= 0.6 is 12.4 Å². The van der Waals surface area contributed by atoms with Gasteiger partial charge in [-0.1, -0.05) is 30.3 Å². The second-order valence-corrected chi connectivity index (χ2v) is 6.65. The van der Waals surface area contributed by atoms with E-state index in [0.29, 0.717) is 13.0 Å². The Morgan fingerprint density at radius 1 is 1.19 bits per heavy atom. The molecular weight excluding hydrogens is 366 g/mol. The van der Waals surface area contributed by atoms with Gasteiger partial charge in [0.2, 0.25) is 5.91 Å². The summed E-state index contributed by atoms with van der Waals surface area (Å²) in [6, 6.07) is 13.3. The third-order valence-electron chi connectivity index (χ3n) is 4.84. The van der Waals surface area contributed by atoms with Crippen LogP contribution in [0, 0.1) is 0 Å². The average molecular weight is 390 g/mol. The molecule has 3 rings (SSSR count). The molecule has 0 aromatic heterocycles. The number of benzene rings is 2. The Balaban J connectivity index is 0.00000261. The zero-order chi connectivity index (χ0) is 18.8. The largest absolute Gasteiger partial charge is 0.465 e. The zero-order valence-electron chi connectivity index (χ0n) is 15.3. The van der Waals surface area contributed by atoms with Crippen LogP contribution in [0.25, 0.3) is 11.1 Å². The number of hydrogen-bond donors (Lipinski definition) is 3. The normalized spacial score (nSPS) is 18.3. The summed E-state index contributed by atoms with van der Waals surface area (Å²) in [7, 11) is 0. The number of nitrogens with one attached hydrogen (secondary N) is 1. The van der Waals surface area contributed by atoms with E-state index in [2.05, 4.69) is 5.32 Å². The van der Waals surface area contributed by atoms with Crippen LogP contribution in [0.15, 0.2) is 42.5 Å². The van der Waals surface area contributed by atoms with E-state index >= 15 is 0 Å². The highest BCUT2D eigenvalue weighted by atomic mass is 35.5. The Bertz CT molecular complexity index is 839. The van der Waals surface area contributed by atoms with Gasteiger partial charge in [0.25, 0.3) is 0 Å². The minimum absolute atomic E-state index is 0. The first-order chi connectivity index (χ1) is 12.4. The fourth-order valence-corrected chi connectivity index (χ4v) is 3.64. The lowest BCUT2D eigenvalue weighted by Gasteiger charge is -2.39. The molecule has 2 aromatic carbocycles. The molecule has 2 aromatic rings. The van der Waals surface area contributed by atoms with Crippen molar-refractivity contribution in [2.24, 2.45) is 5.73 Å². The van der Waals surface area contributed by atoms with Crippen molar-refractivity contribution in [2.75, 3.05) is 4.90 Å². The van der Waals surface area contributed by atoms with Gasteiger partial charge in [-0.2, -0.15) is 0 Å². The molecule has 0 saturated heterocycles. The number of amides is 2. The Kier molecular flexibility index (Phi) is 6.46. The maximum Gasteiger partial charge on any atom is 0.405 e. The lowest BCUT2D eigenvalue weighted by molar-refractivity contribution is -0.117. The van der Waals surface area contributed by atoms with E-state index in [1.807, 2.05) is 49.4 Å². The maximum absolute atomic E-state index is 12.1. The van der Waals surface area contributed by atoms with Crippen molar-refractivity contribution >= 4 is 30.1 Å². The average Bonchev–Trinajstić information content (AvgIpc) is 2.60. The van der Waals surface area contributed by atoms with Gasteiger partial charge in [-0.3, -0.25) is 4.79 Å². The highest BCUT2D eigenvalue weighted by Crippen LogP contribution is 2.39. The molecule has 1 aliphatic heterocycles. The van der Waals surface area contributed by atoms with Crippen molar-refractivity contribution in [1.29, 1.82) is 0 Å². The molecule has 0 aliphatic carbocycles. The number of fused-ring (bicyclic) bond motifs is 1. The molecule has 1 heterocycles. The fourth-order valence-electron chi connectivity index (χ4n) is 3.64. The van der Waals surface area contributed by atoms with Gasteiger partial charge in [-0.25, -0.2) is 4.79 Å². The first-order valence-electron chi connectivity index (χ1n) is 8.63. The van der Waals surface area contributed by atoms with E-state index in [-0.39, 0.29) is 30.4 Å². The van der Waals surface area contributed by atoms with Gasteiger partial charge >= 0.3 is 6.09 Å². The Morgan fingerprint density at radius 2 is 1.81 bits per heavy atom. The van der Waals surface area contributed by atoms with E-state index in [1.165, 1.54) is 6.92 Å². The number of rotatable bonds is 3. The van der Waals surface area contributed by atoms with Gasteiger partial charge in [0.1, 0.15) is 0 Å². The summed E-state index contributed by atoms with van der Waals surface area (Å²) in [5.74, 6) is -0.0485. The lowest BCUT2D eigenvalue weighted by Crippen LogP contribution is -2.45. The summed E-state index contributed by atoms with van der Waals surface area (Å²) >= 11 is 0. The molecule has 0 saturated carbocycles. The summed E-state index contributed by atoms with van der Waals surface area (Å²) in [6.07, 6.45) is -0.531. The van der Waals surface area contributed by atoms with Gasteiger partial charge in [0.05, 0.1) is 6.04 Å². The first kappa shape index (κ1) is 20.7. The van der Waals surface area contributed by atoms with Gasteiger partial charge < -0.3 is 21.1 Å². The number of halogens is 1. The van der Waals surface area contributed by atoms with E-state index in [1.54, 1.807) is 4.90 Å². The molecular formula is C20H24ClN3O3. The minimum Gasteiger partial charge on any atom is -0.465 e. The maximum atomic E-state index is 12.1. The number of nitrogens with two attached hydrogens (primary N) is 1. The minimum atomic E-state index is -1.07. The Labute approximate surface area is 164 Å². The number of anilines is 1. The van der Waals surface area contributed by atoms with Crippen LogP contribution in [0.3, 0.4) is 0 Å². The quantitative estimate of drug-likeness (QED) is 0.745. The molecule has 0 radical (unpaired) electrons. The zero-order valence-corrected chi connectivity index (χ0v) is 16.1. The number of carbonyl (C=O) groups is 2. The predicted octanol–water partition coefficient (Wildman–Crippen LogP) is 3.69. The van der Waals surface area contributed by atoms with Crippen molar-refractivity contribution in [3.63, 3.8) is 0 Å². The molecule has 7 heteroatoms. The highest BCUT2D eigenvalue weighted by Gasteiger charge is 2.33. The van der Waals surface area contributed by atoms with Crippen molar-refractivity contribution in [3.8, 4) is 11.1 Å². The van der Waals surface area contributed by atoms with Crippen molar-refractivity contribution in [2.45, 2.75) is 38.9 Å². The molecule has 4 N–H and O–H groups in total. The van der Waals surface area contributed by atoms with Crippen molar-refractivity contribution < 1.29 is 14.7 Å². The first-order valence-corrected chi connectivity index (χ1v) is 8.63. The molecule has 2 atom stereocenters. The molecule has 144 valence electrons. The van der Waals surface area contributed by atoms with Crippen molar-refractivity contribution in [3.05, 3.63) is 53.6 Å². The van der Waals surface area contributed by atoms with Gasteiger partial charge in [0, 0.05) is 25.2 Å². The SMILES string of the molecule is CC(=O)N1c2ccc(-c3ccc(CN)cc3)cc2C(NC(=O)O)CC1C.Cl. The van der Waals surface area contributed by atoms with E-state index in [4.69, 9.17) is 5.73 Å². The third-order valence-corrected chi connectivity index (χ3v) is 4.84. The van der Waals surface area contributed by atoms with E-state index < -0.39 is 6.09 Å². The second kappa shape index (κ2) is 8.41. The van der Waals surface area contributed by atoms with Crippen LogP contribution < -0.4 is 16.0 Å². The van der Waals surface area contributed by atoms with E-state index in [9.17, 15) is 14.7 Å². The Morgan fingerprint density at radius 3 is 2.37 bits per heavy atom. The number of hydrogen-bond acceptors (Lipinski definition) is 3. The van der Waals surface area contributed by atoms with Gasteiger partial charge in [-0.05, 0) is 47.7 Å². The highest BCUT2D eigenvalue weighted by molar-refractivity contribution is 5.94. The molecule has 1 aliphatic rings. The van der Waals surface area contributed by atoms with Gasteiger partial charge in [-0.15, -0.1) is 12.4 Å². The third kappa shape index (κ3) is 4.23. The van der Waals surface area contributed by atoms with Gasteiger partial charge in [0.15, 0.2) is 0 Å². The molecule has 27 heavy (non-hydrogen) atoms. The topological polar surface area (TPSA) is 95.7 Å². The summed E-state index contributed by atoms with van der Waals surface area (Å²) in [5, 5.41) is 11.8. The van der Waals surface area contributed by atoms with Crippen LogP contribution in [0.2, 0.25) is 0 Å². The van der Waals surface area contributed by atoms with Crippen LogP contribution in [-0.4, -0.2) is 23.1 Å². The number of carbonyl (C=O) groups excluding carboxylic acids is 1. The second-order valence-electron chi connectivity index (χ2n) is 6.65. The summed E-state index contributed by atoms with van der Waals surface area (Å²) < 4.78 is 0. The summed E-state index contributed by atoms with van der Waals surface area (Å²) in [4.78, 5) is 25.1. The smallest absolute Gasteiger partial charge is 0.405 e. The molecule has 0 fully saturated rings. The van der Waals surface area contributed by atoms with Crippen molar-refractivity contribution in [1.82, 2.24) is 5.32 Å². The van der Waals surface area contributed by atoms with Crippen LogP contribution in [-0.2, 0) is 11.3 Å². The fraction of sp³-hybridized carbons (Fsp3) is 0.300. The predicted molar refractivity (Wildman–Crippen MR) is 108 cm³/mol. The number of carboxylic acid groups (broad SMARTS) is 1. The molecule has 2 amide bonds. The molecule has 0 spiro atoms. The van der Waals surface area contributed by atoms with E-state index in [0.717, 1.165) is 27.9 Å². The molecule has 2 unspecified atom stereocenters. The number of nitrogens with zero attached hydrogens (tertiary/aromatic N) is 1.